The van der Waals surface area contributed by atoms with Crippen molar-refractivity contribution in [2.24, 2.45) is 10.1 Å². The first kappa shape index (κ1) is 16.2. The molecule has 0 spiro atoms. The van der Waals surface area contributed by atoms with Gasteiger partial charge in [-0.3, -0.25) is 4.72 Å². The minimum atomic E-state index is -3.77. The van der Waals surface area contributed by atoms with E-state index >= 15 is 0 Å². The number of nitrogens with zero attached hydrogens (tertiary/aromatic N) is 2. The summed E-state index contributed by atoms with van der Waals surface area (Å²) >= 11 is 0. The minimum absolute atomic E-state index is 0.0839. The molecular weight excluding hydrogens is 304 g/mol. The van der Waals surface area contributed by atoms with Crippen LogP contribution in [0.2, 0.25) is 0 Å². The van der Waals surface area contributed by atoms with Crippen LogP contribution in [-0.4, -0.2) is 32.7 Å². The number of hydrogen-bond donors (Lipinski definition) is 2. The average Bonchev–Trinajstić information content (AvgIpc) is 2.60. The lowest BCUT2D eigenvalue weighted by molar-refractivity contribution is 0.200. The third kappa shape index (κ3) is 3.51. The molecule has 2 rings (SSSR count). The van der Waals surface area contributed by atoms with Crippen molar-refractivity contribution in [3.63, 3.8) is 0 Å². The summed E-state index contributed by atoms with van der Waals surface area (Å²) < 4.78 is 34.8. The quantitative estimate of drug-likeness (QED) is 0.599. The van der Waals surface area contributed by atoms with Crippen LogP contribution in [-0.2, 0) is 14.9 Å². The summed E-state index contributed by atoms with van der Waals surface area (Å²) in [4.78, 5) is 1.95. The van der Waals surface area contributed by atoms with Gasteiger partial charge in [0.25, 0.3) is 0 Å². The molecule has 22 heavy (non-hydrogen) atoms. The Morgan fingerprint density at radius 2 is 2.23 bits per heavy atom. The van der Waals surface area contributed by atoms with Gasteiger partial charge >= 0.3 is 10.2 Å². The van der Waals surface area contributed by atoms with Gasteiger partial charge in [-0.05, 0) is 32.4 Å². The van der Waals surface area contributed by atoms with Crippen LogP contribution in [0, 0.1) is 0 Å². The summed E-state index contributed by atoms with van der Waals surface area (Å²) in [6, 6.07) is 0. The number of nitrogens with two attached hydrogens (primary N) is 1. The molecule has 120 valence electrons. The number of ether oxygens (including phenoxy) is 1. The first-order valence-corrected chi connectivity index (χ1v) is 8.28. The third-order valence-corrected chi connectivity index (χ3v) is 4.21. The molecule has 0 unspecified atom stereocenters. The maximum atomic E-state index is 11.5. The van der Waals surface area contributed by atoms with Crippen molar-refractivity contribution in [3.05, 3.63) is 47.2 Å². The molecule has 8 heteroatoms. The Morgan fingerprint density at radius 1 is 1.50 bits per heavy atom. The normalized spacial score (nSPS) is 21.8. The van der Waals surface area contributed by atoms with Crippen molar-refractivity contribution in [3.8, 4) is 0 Å². The van der Waals surface area contributed by atoms with Gasteiger partial charge in [-0.25, -0.2) is 0 Å². The maximum Gasteiger partial charge on any atom is 0.343 e. The van der Waals surface area contributed by atoms with Crippen LogP contribution in [0.5, 0.6) is 0 Å². The highest BCUT2D eigenvalue weighted by Crippen LogP contribution is 2.24. The minimum Gasteiger partial charge on any atom is -0.441 e. The molecule has 0 amide bonds. The summed E-state index contributed by atoms with van der Waals surface area (Å²) in [7, 11) is -1.85. The van der Waals surface area contributed by atoms with E-state index in [1.807, 2.05) is 18.0 Å². The van der Waals surface area contributed by atoms with Crippen molar-refractivity contribution in [2.75, 3.05) is 13.6 Å². The van der Waals surface area contributed by atoms with Gasteiger partial charge in [0, 0.05) is 19.3 Å². The molecule has 0 saturated heterocycles. The highest BCUT2D eigenvalue weighted by molar-refractivity contribution is 7.88. The Balaban J connectivity index is 2.30. The van der Waals surface area contributed by atoms with E-state index in [0.717, 1.165) is 13.0 Å². The fourth-order valence-electron chi connectivity index (χ4n) is 2.18. The summed E-state index contributed by atoms with van der Waals surface area (Å²) in [5.74, 6) is 1.06. The van der Waals surface area contributed by atoms with Crippen molar-refractivity contribution in [1.82, 2.24) is 9.62 Å². The number of hydrogen-bond acceptors (Lipinski definition) is 5. The number of allylic oxidation sites excluding steroid dienone is 4. The molecule has 0 atom stereocenters. The molecule has 0 aromatic rings. The Hall–Kier alpha value is -2.22. The molecule has 2 aliphatic rings. The van der Waals surface area contributed by atoms with Crippen LogP contribution >= 0.6 is 0 Å². The lowest BCUT2D eigenvalue weighted by Gasteiger charge is -2.24. The van der Waals surface area contributed by atoms with Crippen molar-refractivity contribution < 1.29 is 13.2 Å². The van der Waals surface area contributed by atoms with E-state index in [-0.39, 0.29) is 5.84 Å². The zero-order valence-corrected chi connectivity index (χ0v) is 13.6. The second-order valence-corrected chi connectivity index (χ2v) is 6.28. The fourth-order valence-corrected chi connectivity index (χ4v) is 3.06. The SMILES string of the molecule is C/C=C(/OC1=CCC=CCN1C)C1=C(C)NS(=O)(=O)N=C1N. The highest BCUT2D eigenvalue weighted by atomic mass is 32.2. The Kier molecular flexibility index (Phi) is 4.60. The first-order valence-electron chi connectivity index (χ1n) is 6.84. The molecule has 2 aliphatic heterocycles. The molecule has 0 aliphatic carbocycles. The van der Waals surface area contributed by atoms with Crippen molar-refractivity contribution in [2.45, 2.75) is 20.3 Å². The molecule has 2 heterocycles. The van der Waals surface area contributed by atoms with E-state index in [9.17, 15) is 8.42 Å². The monoisotopic (exact) mass is 324 g/mol. The number of rotatable bonds is 3. The van der Waals surface area contributed by atoms with Gasteiger partial charge in [0.2, 0.25) is 0 Å². The van der Waals surface area contributed by atoms with E-state index in [4.69, 9.17) is 10.5 Å². The molecule has 0 radical (unpaired) electrons. The first-order chi connectivity index (χ1) is 10.3. The van der Waals surface area contributed by atoms with E-state index < -0.39 is 10.2 Å². The summed E-state index contributed by atoms with van der Waals surface area (Å²) in [6.45, 7) is 4.15. The van der Waals surface area contributed by atoms with Crippen LogP contribution in [0.15, 0.2) is 51.6 Å². The molecule has 0 bridgehead atoms. The van der Waals surface area contributed by atoms with Crippen LogP contribution in [0.1, 0.15) is 20.3 Å². The van der Waals surface area contributed by atoms with Crippen molar-refractivity contribution in [1.29, 1.82) is 0 Å². The average molecular weight is 324 g/mol. The van der Waals surface area contributed by atoms with Gasteiger partial charge in [-0.2, -0.15) is 8.42 Å². The number of likely N-dealkylation sites (N-methyl/N-ethyl adjacent to an activating group) is 1. The molecule has 3 N–H and O–H groups in total. The summed E-state index contributed by atoms with van der Waals surface area (Å²) in [5, 5.41) is 0. The number of amidine groups is 1. The van der Waals surface area contributed by atoms with Crippen LogP contribution in [0.4, 0.5) is 0 Å². The van der Waals surface area contributed by atoms with Crippen molar-refractivity contribution >= 4 is 16.0 Å². The molecular formula is C14H20N4O3S. The summed E-state index contributed by atoms with van der Waals surface area (Å²) in [5.41, 5.74) is 6.63. The van der Waals surface area contributed by atoms with Gasteiger partial charge in [0.1, 0.15) is 5.76 Å². The third-order valence-electron chi connectivity index (χ3n) is 3.21. The zero-order chi connectivity index (χ0) is 16.3. The lowest BCUT2D eigenvalue weighted by atomic mass is 10.1. The largest absolute Gasteiger partial charge is 0.441 e. The predicted octanol–water partition coefficient (Wildman–Crippen LogP) is 1.12. The molecule has 7 nitrogen and oxygen atoms in total. The molecule has 0 fully saturated rings. The second-order valence-electron chi connectivity index (χ2n) is 4.94. The predicted molar refractivity (Wildman–Crippen MR) is 85.7 cm³/mol. The Bertz CT molecular complexity index is 714. The van der Waals surface area contributed by atoms with E-state index in [1.54, 1.807) is 19.9 Å². The lowest BCUT2D eigenvalue weighted by Crippen LogP contribution is -2.34. The zero-order valence-electron chi connectivity index (χ0n) is 12.8. The van der Waals surface area contributed by atoms with Gasteiger partial charge < -0.3 is 15.4 Å². The van der Waals surface area contributed by atoms with Crippen LogP contribution in [0.3, 0.4) is 0 Å². The van der Waals surface area contributed by atoms with Crippen LogP contribution in [0.25, 0.3) is 0 Å². The van der Waals surface area contributed by atoms with Gasteiger partial charge in [0.15, 0.2) is 11.7 Å². The highest BCUT2D eigenvalue weighted by Gasteiger charge is 2.25. The van der Waals surface area contributed by atoms with Gasteiger partial charge in [-0.1, -0.05) is 12.2 Å². The topological polar surface area (TPSA) is 97.0 Å². The Morgan fingerprint density at radius 3 is 2.86 bits per heavy atom. The second kappa shape index (κ2) is 6.27. The number of nitrogens with one attached hydrogen (secondary N) is 1. The van der Waals surface area contributed by atoms with E-state index in [2.05, 4.69) is 21.3 Å². The van der Waals surface area contributed by atoms with E-state index in [0.29, 0.717) is 22.9 Å². The van der Waals surface area contributed by atoms with Gasteiger partial charge in [0.05, 0.1) is 5.57 Å². The smallest absolute Gasteiger partial charge is 0.343 e. The standard InChI is InChI=1S/C14H20N4O3S/c1-4-11(21-12-8-6-5-7-9-18(12)3)13-10(2)16-22(19,20)17-14(13)15/h4-5,7-8,16H,6,9H2,1-3H3,(H2,15,17)/b11-4+. The molecule has 0 saturated carbocycles. The van der Waals surface area contributed by atoms with Gasteiger partial charge in [-0.15, -0.1) is 4.40 Å². The summed E-state index contributed by atoms with van der Waals surface area (Å²) in [6.07, 6.45) is 8.55. The molecule has 0 aromatic heterocycles. The molecule has 0 aromatic carbocycles. The maximum absolute atomic E-state index is 11.5. The van der Waals surface area contributed by atoms with Crippen LogP contribution < -0.4 is 10.5 Å². The fraction of sp³-hybridized carbons (Fsp3) is 0.357. The Labute approximate surface area is 130 Å². The van der Waals surface area contributed by atoms with E-state index in [1.165, 1.54) is 0 Å².